The third kappa shape index (κ3) is 4.62. The minimum atomic E-state index is -3.95. The van der Waals surface area contributed by atoms with Gasteiger partial charge in [0.05, 0.1) is 23.8 Å². The number of ether oxygens (including phenoxy) is 2. The summed E-state index contributed by atoms with van der Waals surface area (Å²) in [5, 5.41) is 0.918. The second-order valence-corrected chi connectivity index (χ2v) is 9.75. The molecular formula is C22H23ClN2O5S. The van der Waals surface area contributed by atoms with Gasteiger partial charge in [-0.05, 0) is 48.6 Å². The number of halogens is 1. The molecule has 0 unspecified atom stereocenters. The summed E-state index contributed by atoms with van der Waals surface area (Å²) in [7, 11) is -2.40. The number of nitrogens with zero attached hydrogens (tertiary/aromatic N) is 1. The predicted octanol–water partition coefficient (Wildman–Crippen LogP) is 3.56. The van der Waals surface area contributed by atoms with Gasteiger partial charge in [-0.3, -0.25) is 4.79 Å². The maximum absolute atomic E-state index is 13.5. The Morgan fingerprint density at radius 1 is 1.23 bits per heavy atom. The van der Waals surface area contributed by atoms with Gasteiger partial charge >= 0.3 is 0 Å². The van der Waals surface area contributed by atoms with Crippen LogP contribution in [-0.2, 0) is 21.3 Å². The number of hydrogen-bond acceptors (Lipinski definition) is 5. The zero-order valence-corrected chi connectivity index (χ0v) is 18.6. The lowest BCUT2D eigenvalue weighted by Gasteiger charge is -2.25. The number of rotatable bonds is 7. The van der Waals surface area contributed by atoms with Crippen molar-refractivity contribution in [2.24, 2.45) is 0 Å². The number of fused-ring (bicyclic) bond motifs is 1. The second-order valence-electron chi connectivity index (χ2n) is 7.44. The third-order valence-corrected chi connectivity index (χ3v) is 7.67. The number of sulfonamides is 1. The monoisotopic (exact) mass is 462 g/mol. The van der Waals surface area contributed by atoms with Gasteiger partial charge in [0.15, 0.2) is 0 Å². The first-order valence-corrected chi connectivity index (χ1v) is 11.8. The molecule has 4 rings (SSSR count). The fraction of sp³-hybridized carbons (Fsp3) is 0.318. The van der Waals surface area contributed by atoms with Crippen LogP contribution in [0.5, 0.6) is 5.75 Å². The number of pyridine rings is 1. The van der Waals surface area contributed by atoms with E-state index in [2.05, 4.69) is 4.98 Å². The summed E-state index contributed by atoms with van der Waals surface area (Å²) in [6.07, 6.45) is 1.42. The largest absolute Gasteiger partial charge is 0.497 e. The number of H-pyrrole nitrogens is 1. The lowest BCUT2D eigenvalue weighted by Crippen LogP contribution is -2.38. The van der Waals surface area contributed by atoms with Crippen LogP contribution >= 0.6 is 11.6 Å². The summed E-state index contributed by atoms with van der Waals surface area (Å²) in [6.45, 7) is 0.654. The first kappa shape index (κ1) is 21.8. The Morgan fingerprint density at radius 3 is 2.74 bits per heavy atom. The van der Waals surface area contributed by atoms with Gasteiger partial charge in [0.25, 0.3) is 5.56 Å². The molecule has 0 bridgehead atoms. The van der Waals surface area contributed by atoms with Gasteiger partial charge in [-0.1, -0.05) is 23.7 Å². The van der Waals surface area contributed by atoms with Gasteiger partial charge in [-0.15, -0.1) is 0 Å². The molecule has 1 saturated heterocycles. The Bertz CT molecular complexity index is 1250. The first-order valence-electron chi connectivity index (χ1n) is 9.95. The fourth-order valence-electron chi connectivity index (χ4n) is 3.72. The zero-order chi connectivity index (χ0) is 22.0. The standard InChI is InChI=1S/C22H23ClN2O5S/c1-29-17-9-8-15-11-16(22(26)24-20(15)12-17)13-25(14-18-5-4-10-30-18)31(27,28)21-7-3-2-6-19(21)23/h2-3,6-9,11-12,18H,4-5,10,13-14H2,1H3,(H,24,26)/t18-/m1/s1. The van der Waals surface area contributed by atoms with Crippen LogP contribution < -0.4 is 10.3 Å². The molecule has 1 aliphatic rings. The van der Waals surface area contributed by atoms with Gasteiger partial charge in [0, 0.05) is 31.3 Å². The normalized spacial score (nSPS) is 16.8. The number of nitrogens with one attached hydrogen (secondary N) is 1. The summed E-state index contributed by atoms with van der Waals surface area (Å²) < 4.78 is 39.1. The van der Waals surface area contributed by atoms with Crippen molar-refractivity contribution in [3.05, 3.63) is 69.5 Å². The molecule has 0 saturated carbocycles. The minimum absolute atomic E-state index is 0.0108. The van der Waals surface area contributed by atoms with Crippen LogP contribution in [0.25, 0.3) is 10.9 Å². The number of aromatic amines is 1. The fourth-order valence-corrected chi connectivity index (χ4v) is 5.66. The highest BCUT2D eigenvalue weighted by Crippen LogP contribution is 2.27. The van der Waals surface area contributed by atoms with Crippen molar-refractivity contribution < 1.29 is 17.9 Å². The molecule has 9 heteroatoms. The average molecular weight is 463 g/mol. The van der Waals surface area contributed by atoms with Crippen LogP contribution in [0.4, 0.5) is 0 Å². The van der Waals surface area contributed by atoms with Crippen molar-refractivity contribution in [1.82, 2.24) is 9.29 Å². The molecule has 0 radical (unpaired) electrons. The molecule has 164 valence electrons. The highest BCUT2D eigenvalue weighted by atomic mass is 35.5. The van der Waals surface area contributed by atoms with E-state index in [0.717, 1.165) is 18.2 Å². The molecule has 7 nitrogen and oxygen atoms in total. The van der Waals surface area contributed by atoms with E-state index >= 15 is 0 Å². The Labute approximate surface area is 185 Å². The maximum atomic E-state index is 13.5. The maximum Gasteiger partial charge on any atom is 0.252 e. The molecule has 1 aliphatic heterocycles. The summed E-state index contributed by atoms with van der Waals surface area (Å²) in [5.41, 5.74) is 0.603. The summed E-state index contributed by atoms with van der Waals surface area (Å²) in [5.74, 6) is 0.622. The smallest absolute Gasteiger partial charge is 0.252 e. The van der Waals surface area contributed by atoms with E-state index in [0.29, 0.717) is 23.4 Å². The van der Waals surface area contributed by atoms with Crippen molar-refractivity contribution in [1.29, 1.82) is 0 Å². The van der Waals surface area contributed by atoms with E-state index in [1.807, 2.05) is 6.07 Å². The Kier molecular flexibility index (Phi) is 6.34. The third-order valence-electron chi connectivity index (χ3n) is 5.36. The molecule has 0 aliphatic carbocycles. The molecule has 1 atom stereocenters. The lowest BCUT2D eigenvalue weighted by molar-refractivity contribution is 0.0925. The van der Waals surface area contributed by atoms with Crippen LogP contribution in [0.15, 0.2) is 58.2 Å². The van der Waals surface area contributed by atoms with Crippen molar-refractivity contribution in [2.45, 2.75) is 30.4 Å². The number of benzene rings is 2. The highest BCUT2D eigenvalue weighted by Gasteiger charge is 2.31. The quantitative estimate of drug-likeness (QED) is 0.580. The molecule has 1 N–H and O–H groups in total. The zero-order valence-electron chi connectivity index (χ0n) is 17.0. The molecule has 31 heavy (non-hydrogen) atoms. The molecule has 3 aromatic rings. The van der Waals surface area contributed by atoms with E-state index in [1.54, 1.807) is 37.4 Å². The molecule has 0 amide bonds. The van der Waals surface area contributed by atoms with Crippen molar-refractivity contribution in [3.63, 3.8) is 0 Å². The second kappa shape index (κ2) is 9.00. The van der Waals surface area contributed by atoms with E-state index in [-0.39, 0.29) is 34.7 Å². The molecule has 2 aromatic carbocycles. The Balaban J connectivity index is 1.73. The number of methoxy groups -OCH3 is 1. The van der Waals surface area contributed by atoms with E-state index in [4.69, 9.17) is 21.1 Å². The van der Waals surface area contributed by atoms with Crippen LogP contribution in [-0.4, -0.2) is 44.1 Å². The predicted molar refractivity (Wildman–Crippen MR) is 119 cm³/mol. The van der Waals surface area contributed by atoms with Gasteiger partial charge in [0.2, 0.25) is 10.0 Å². The molecular weight excluding hydrogens is 440 g/mol. The van der Waals surface area contributed by atoms with Crippen molar-refractivity contribution in [3.8, 4) is 5.75 Å². The van der Waals surface area contributed by atoms with Crippen LogP contribution in [0.1, 0.15) is 18.4 Å². The number of hydrogen-bond donors (Lipinski definition) is 1. The average Bonchev–Trinajstić information content (AvgIpc) is 3.26. The van der Waals surface area contributed by atoms with Gasteiger partial charge in [0.1, 0.15) is 10.6 Å². The van der Waals surface area contributed by atoms with Gasteiger partial charge < -0.3 is 14.5 Å². The summed E-state index contributed by atoms with van der Waals surface area (Å²) >= 11 is 6.19. The highest BCUT2D eigenvalue weighted by molar-refractivity contribution is 7.89. The minimum Gasteiger partial charge on any atom is -0.497 e. The Morgan fingerprint density at radius 2 is 2.03 bits per heavy atom. The van der Waals surface area contributed by atoms with Gasteiger partial charge in [-0.25, -0.2) is 8.42 Å². The topological polar surface area (TPSA) is 88.7 Å². The molecule has 0 spiro atoms. The number of aromatic nitrogens is 1. The lowest BCUT2D eigenvalue weighted by atomic mass is 10.1. The van der Waals surface area contributed by atoms with E-state index in [1.165, 1.54) is 16.4 Å². The SMILES string of the molecule is COc1ccc2cc(CN(C[C@H]3CCCO3)S(=O)(=O)c3ccccc3Cl)c(=O)[nH]c2c1. The van der Waals surface area contributed by atoms with Gasteiger partial charge in [-0.2, -0.15) is 4.31 Å². The van der Waals surface area contributed by atoms with Crippen LogP contribution in [0.3, 0.4) is 0 Å². The van der Waals surface area contributed by atoms with Crippen LogP contribution in [0, 0.1) is 0 Å². The summed E-state index contributed by atoms with van der Waals surface area (Å²) in [6, 6.07) is 13.3. The first-order chi connectivity index (χ1) is 14.9. The molecule has 2 heterocycles. The summed E-state index contributed by atoms with van der Waals surface area (Å²) in [4.78, 5) is 15.6. The van der Waals surface area contributed by atoms with E-state index in [9.17, 15) is 13.2 Å². The van der Waals surface area contributed by atoms with Crippen molar-refractivity contribution >= 4 is 32.5 Å². The van der Waals surface area contributed by atoms with Crippen molar-refractivity contribution in [2.75, 3.05) is 20.3 Å². The molecule has 1 fully saturated rings. The van der Waals surface area contributed by atoms with E-state index < -0.39 is 10.0 Å². The Hall–Kier alpha value is -2.39. The van der Waals surface area contributed by atoms with Crippen LogP contribution in [0.2, 0.25) is 5.02 Å². The molecule has 1 aromatic heterocycles.